The molecule has 2 amide bonds. The second kappa shape index (κ2) is 5.54. The summed E-state index contributed by atoms with van der Waals surface area (Å²) >= 11 is 0. The van der Waals surface area contributed by atoms with Crippen molar-refractivity contribution in [3.8, 4) is 0 Å². The van der Waals surface area contributed by atoms with Crippen molar-refractivity contribution < 1.29 is 14.0 Å². The maximum atomic E-state index is 12.4. The van der Waals surface area contributed by atoms with E-state index in [0.29, 0.717) is 12.2 Å². The number of nitrogens with zero attached hydrogens (tertiary/aromatic N) is 1. The van der Waals surface area contributed by atoms with Crippen molar-refractivity contribution >= 4 is 17.5 Å². The number of carbonyl (C=O) groups excluding carboxylic acids is 2. The Morgan fingerprint density at radius 3 is 2.62 bits per heavy atom. The molecule has 0 spiro atoms. The third-order valence-electron chi connectivity index (χ3n) is 3.48. The van der Waals surface area contributed by atoms with Crippen LogP contribution < -0.4 is 10.2 Å². The molecule has 0 saturated carbocycles. The van der Waals surface area contributed by atoms with Gasteiger partial charge in [-0.3, -0.25) is 14.9 Å². The van der Waals surface area contributed by atoms with E-state index in [-0.39, 0.29) is 18.2 Å². The molecule has 1 fully saturated rings. The molecule has 1 aromatic carbocycles. The van der Waals surface area contributed by atoms with Crippen LogP contribution in [0, 0.1) is 6.92 Å². The first-order valence-electron chi connectivity index (χ1n) is 6.85. The van der Waals surface area contributed by atoms with Crippen LogP contribution >= 0.6 is 0 Å². The van der Waals surface area contributed by atoms with Crippen LogP contribution in [-0.2, 0) is 16.1 Å². The molecule has 108 valence electrons. The van der Waals surface area contributed by atoms with Crippen LogP contribution in [0.4, 0.5) is 5.69 Å². The summed E-state index contributed by atoms with van der Waals surface area (Å²) in [7, 11) is 0. The summed E-state index contributed by atoms with van der Waals surface area (Å²) in [6.45, 7) is 2.30. The zero-order valence-corrected chi connectivity index (χ0v) is 11.7. The van der Waals surface area contributed by atoms with Crippen molar-refractivity contribution in [3.63, 3.8) is 0 Å². The molecule has 1 unspecified atom stereocenters. The number of aryl methyl sites for hydroxylation is 1. The smallest absolute Gasteiger partial charge is 0.251 e. The minimum atomic E-state index is -0.497. The van der Waals surface area contributed by atoms with Crippen LogP contribution in [0.3, 0.4) is 0 Å². The zero-order chi connectivity index (χ0) is 14.8. The van der Waals surface area contributed by atoms with Gasteiger partial charge >= 0.3 is 0 Å². The number of amides is 2. The van der Waals surface area contributed by atoms with Crippen LogP contribution in [0.25, 0.3) is 0 Å². The first kappa shape index (κ1) is 13.6. The lowest BCUT2D eigenvalue weighted by atomic mass is 10.2. The second-order valence-corrected chi connectivity index (χ2v) is 5.05. The maximum absolute atomic E-state index is 12.4. The van der Waals surface area contributed by atoms with Gasteiger partial charge in [0.2, 0.25) is 5.91 Å². The van der Waals surface area contributed by atoms with E-state index in [2.05, 4.69) is 5.32 Å². The molecule has 1 atom stereocenters. The van der Waals surface area contributed by atoms with Gasteiger partial charge in [-0.15, -0.1) is 0 Å². The summed E-state index contributed by atoms with van der Waals surface area (Å²) in [5.41, 5.74) is 0.616. The molecule has 5 heteroatoms. The zero-order valence-electron chi connectivity index (χ0n) is 11.7. The van der Waals surface area contributed by atoms with E-state index in [1.807, 2.05) is 37.3 Å². The average molecular weight is 284 g/mol. The molecule has 2 aromatic rings. The number of anilines is 1. The van der Waals surface area contributed by atoms with E-state index >= 15 is 0 Å². The summed E-state index contributed by atoms with van der Waals surface area (Å²) < 4.78 is 5.44. The van der Waals surface area contributed by atoms with Crippen LogP contribution in [0.2, 0.25) is 0 Å². The molecular weight excluding hydrogens is 268 g/mol. The Kier molecular flexibility index (Phi) is 3.58. The van der Waals surface area contributed by atoms with E-state index in [1.165, 1.54) is 4.90 Å². The summed E-state index contributed by atoms with van der Waals surface area (Å²) in [5.74, 6) is 1.19. The van der Waals surface area contributed by atoms with E-state index in [9.17, 15) is 9.59 Å². The lowest BCUT2D eigenvalue weighted by molar-refractivity contribution is -0.121. The third kappa shape index (κ3) is 2.73. The van der Waals surface area contributed by atoms with Crippen LogP contribution in [0.15, 0.2) is 46.9 Å². The molecule has 3 rings (SSSR count). The predicted octanol–water partition coefficient (Wildman–Crippen LogP) is 2.01. The van der Waals surface area contributed by atoms with Crippen LogP contribution in [0.1, 0.15) is 17.9 Å². The highest BCUT2D eigenvalue weighted by Crippen LogP contribution is 2.22. The SMILES string of the molecule is Cc1ccc(CNC2CC(=O)N(c3ccccc3)C2=O)o1. The van der Waals surface area contributed by atoms with Gasteiger partial charge in [-0.25, -0.2) is 4.90 Å². The van der Waals surface area contributed by atoms with Gasteiger partial charge in [-0.1, -0.05) is 18.2 Å². The fourth-order valence-corrected chi connectivity index (χ4v) is 2.44. The Bertz CT molecular complexity index is 663. The Morgan fingerprint density at radius 1 is 1.19 bits per heavy atom. The lowest BCUT2D eigenvalue weighted by Crippen LogP contribution is -2.38. The van der Waals surface area contributed by atoms with Gasteiger partial charge in [0.05, 0.1) is 24.7 Å². The molecule has 5 nitrogen and oxygen atoms in total. The summed E-state index contributed by atoms with van der Waals surface area (Å²) in [6, 6.07) is 12.2. The average Bonchev–Trinajstić information content (AvgIpc) is 3.01. The van der Waals surface area contributed by atoms with E-state index in [4.69, 9.17) is 4.42 Å². The number of nitrogens with one attached hydrogen (secondary N) is 1. The summed E-state index contributed by atoms with van der Waals surface area (Å²) in [4.78, 5) is 25.6. The Morgan fingerprint density at radius 2 is 1.95 bits per heavy atom. The Balaban J connectivity index is 1.69. The number of furan rings is 1. The predicted molar refractivity (Wildman–Crippen MR) is 77.6 cm³/mol. The highest BCUT2D eigenvalue weighted by Gasteiger charge is 2.39. The van der Waals surface area contributed by atoms with Gasteiger partial charge in [-0.2, -0.15) is 0 Å². The Hall–Kier alpha value is -2.40. The van der Waals surface area contributed by atoms with Crippen molar-refractivity contribution in [2.45, 2.75) is 25.9 Å². The number of carbonyl (C=O) groups is 2. The van der Waals surface area contributed by atoms with E-state index in [0.717, 1.165) is 11.5 Å². The number of rotatable bonds is 4. The minimum Gasteiger partial charge on any atom is -0.465 e. The van der Waals surface area contributed by atoms with Crippen molar-refractivity contribution in [2.24, 2.45) is 0 Å². The van der Waals surface area contributed by atoms with Gasteiger partial charge in [0, 0.05) is 0 Å². The summed E-state index contributed by atoms with van der Waals surface area (Å²) in [5, 5.41) is 3.09. The number of hydrogen-bond donors (Lipinski definition) is 1. The highest BCUT2D eigenvalue weighted by atomic mass is 16.3. The largest absolute Gasteiger partial charge is 0.465 e. The number of para-hydroxylation sites is 1. The first-order valence-corrected chi connectivity index (χ1v) is 6.85. The lowest BCUT2D eigenvalue weighted by Gasteiger charge is -2.15. The fraction of sp³-hybridized carbons (Fsp3) is 0.250. The fourth-order valence-electron chi connectivity index (χ4n) is 2.44. The van der Waals surface area contributed by atoms with Crippen LogP contribution in [0.5, 0.6) is 0 Å². The quantitative estimate of drug-likeness (QED) is 0.872. The van der Waals surface area contributed by atoms with E-state index in [1.54, 1.807) is 12.1 Å². The normalized spacial score (nSPS) is 18.5. The number of hydrogen-bond acceptors (Lipinski definition) is 4. The van der Waals surface area contributed by atoms with E-state index < -0.39 is 6.04 Å². The van der Waals surface area contributed by atoms with Gasteiger partial charge in [0.1, 0.15) is 11.5 Å². The molecule has 1 N–H and O–H groups in total. The number of benzene rings is 1. The standard InChI is InChI=1S/C16H16N2O3/c1-11-7-8-13(21-11)10-17-14-9-15(19)18(16(14)20)12-5-3-2-4-6-12/h2-8,14,17H,9-10H2,1H3. The topological polar surface area (TPSA) is 62.6 Å². The molecule has 1 aliphatic heterocycles. The molecule has 0 aliphatic carbocycles. The minimum absolute atomic E-state index is 0.174. The molecule has 0 radical (unpaired) electrons. The van der Waals surface area contributed by atoms with Gasteiger partial charge in [0.25, 0.3) is 5.91 Å². The molecular formula is C16H16N2O3. The summed E-state index contributed by atoms with van der Waals surface area (Å²) in [6.07, 6.45) is 0.174. The maximum Gasteiger partial charge on any atom is 0.251 e. The first-order chi connectivity index (χ1) is 10.1. The number of imide groups is 1. The second-order valence-electron chi connectivity index (χ2n) is 5.05. The van der Waals surface area contributed by atoms with Gasteiger partial charge in [-0.05, 0) is 31.2 Å². The highest BCUT2D eigenvalue weighted by molar-refractivity contribution is 6.22. The molecule has 1 aliphatic rings. The monoisotopic (exact) mass is 284 g/mol. The Labute approximate surface area is 122 Å². The molecule has 0 bridgehead atoms. The van der Waals surface area contributed by atoms with Gasteiger partial charge < -0.3 is 4.42 Å². The van der Waals surface area contributed by atoms with Crippen LogP contribution in [-0.4, -0.2) is 17.9 Å². The molecule has 2 heterocycles. The van der Waals surface area contributed by atoms with Crippen molar-refractivity contribution in [2.75, 3.05) is 4.90 Å². The van der Waals surface area contributed by atoms with Gasteiger partial charge in [0.15, 0.2) is 0 Å². The third-order valence-corrected chi connectivity index (χ3v) is 3.48. The molecule has 21 heavy (non-hydrogen) atoms. The van der Waals surface area contributed by atoms with Crippen molar-refractivity contribution in [1.29, 1.82) is 0 Å². The molecule has 1 aromatic heterocycles. The molecule has 1 saturated heterocycles. The van der Waals surface area contributed by atoms with Crippen molar-refractivity contribution in [1.82, 2.24) is 5.32 Å². The van der Waals surface area contributed by atoms with Crippen molar-refractivity contribution in [3.05, 3.63) is 54.0 Å².